The summed E-state index contributed by atoms with van der Waals surface area (Å²) in [4.78, 5) is 40.9. The molecule has 0 aliphatic carbocycles. The van der Waals surface area contributed by atoms with Crippen molar-refractivity contribution in [1.29, 1.82) is 0 Å². The predicted octanol–water partition coefficient (Wildman–Crippen LogP) is 1.07. The molecular formula is C22H30N8O5. The third-order valence-corrected chi connectivity index (χ3v) is 4.67. The lowest BCUT2D eigenvalue weighted by Crippen LogP contribution is -2.28. The second-order valence-electron chi connectivity index (χ2n) is 7.51. The van der Waals surface area contributed by atoms with E-state index in [1.807, 2.05) is 43.1 Å². The van der Waals surface area contributed by atoms with Crippen LogP contribution in [0.25, 0.3) is 11.5 Å². The standard InChI is InChI=1S/C18H22N8O.2C2H4O2/c1-3-19-18(27)14-12-26-11-10-25(8-6-15(26)21-14)16-5-4-13(22-23-16)17-20-7-9-24(17)2;2*1-2(3)4/h4-5,7,9,12H,3,6,8,10-11H2,1-2H3,(H,19,27);2*1H3,(H,3,4). The summed E-state index contributed by atoms with van der Waals surface area (Å²) in [5.74, 6) is 0.771. The molecule has 3 aromatic heterocycles. The molecule has 0 unspecified atom stereocenters. The number of hydrogen-bond acceptors (Lipinski definition) is 8. The fraction of sp³-hybridized carbons (Fsp3) is 0.409. The Kier molecular flexibility index (Phi) is 9.87. The van der Waals surface area contributed by atoms with E-state index in [4.69, 9.17) is 19.8 Å². The number of aryl methyl sites for hydroxylation is 1. The smallest absolute Gasteiger partial charge is 0.300 e. The highest BCUT2D eigenvalue weighted by Gasteiger charge is 2.20. The highest BCUT2D eigenvalue weighted by Crippen LogP contribution is 2.19. The van der Waals surface area contributed by atoms with E-state index in [1.54, 1.807) is 6.20 Å². The second-order valence-corrected chi connectivity index (χ2v) is 7.51. The molecule has 0 atom stereocenters. The van der Waals surface area contributed by atoms with Crippen molar-refractivity contribution in [2.45, 2.75) is 33.7 Å². The Morgan fingerprint density at radius 2 is 1.74 bits per heavy atom. The van der Waals surface area contributed by atoms with Gasteiger partial charge in [-0.2, -0.15) is 0 Å². The lowest BCUT2D eigenvalue weighted by atomic mass is 10.3. The largest absolute Gasteiger partial charge is 0.481 e. The average molecular weight is 487 g/mol. The van der Waals surface area contributed by atoms with Crippen LogP contribution < -0.4 is 10.2 Å². The van der Waals surface area contributed by atoms with Gasteiger partial charge in [0.15, 0.2) is 11.6 Å². The van der Waals surface area contributed by atoms with Crippen LogP contribution in [-0.4, -0.2) is 77.0 Å². The molecule has 0 saturated carbocycles. The molecule has 188 valence electrons. The first-order valence-electron chi connectivity index (χ1n) is 10.9. The summed E-state index contributed by atoms with van der Waals surface area (Å²) in [7, 11) is 1.93. The summed E-state index contributed by atoms with van der Waals surface area (Å²) in [6.45, 7) is 6.99. The van der Waals surface area contributed by atoms with Gasteiger partial charge in [-0.25, -0.2) is 9.97 Å². The van der Waals surface area contributed by atoms with E-state index in [2.05, 4.69) is 34.9 Å². The van der Waals surface area contributed by atoms with Crippen molar-refractivity contribution in [1.82, 2.24) is 34.6 Å². The van der Waals surface area contributed by atoms with Crippen molar-refractivity contribution in [3.8, 4) is 11.5 Å². The number of nitrogens with one attached hydrogen (secondary N) is 1. The van der Waals surface area contributed by atoms with Gasteiger partial charge in [-0.1, -0.05) is 0 Å². The van der Waals surface area contributed by atoms with Crippen LogP contribution in [0.1, 0.15) is 37.1 Å². The number of anilines is 1. The maximum atomic E-state index is 12.0. The number of aromatic nitrogens is 6. The number of carboxylic acids is 2. The number of nitrogens with zero attached hydrogens (tertiary/aromatic N) is 7. The highest BCUT2D eigenvalue weighted by molar-refractivity contribution is 5.92. The molecule has 1 aliphatic rings. The van der Waals surface area contributed by atoms with E-state index in [0.29, 0.717) is 12.2 Å². The number of carboxylic acid groups (broad SMARTS) is 2. The van der Waals surface area contributed by atoms with Crippen molar-refractivity contribution in [2.75, 3.05) is 24.5 Å². The Bertz CT molecular complexity index is 1090. The number of imidazole rings is 2. The minimum Gasteiger partial charge on any atom is -0.481 e. The van der Waals surface area contributed by atoms with Crippen LogP contribution in [0, 0.1) is 0 Å². The third kappa shape index (κ3) is 8.21. The maximum Gasteiger partial charge on any atom is 0.300 e. The Morgan fingerprint density at radius 1 is 1.06 bits per heavy atom. The molecule has 0 aromatic carbocycles. The maximum absolute atomic E-state index is 12.0. The number of aliphatic carboxylic acids is 2. The molecule has 0 spiro atoms. The van der Waals surface area contributed by atoms with Crippen molar-refractivity contribution in [3.05, 3.63) is 42.2 Å². The van der Waals surface area contributed by atoms with Gasteiger partial charge in [-0.3, -0.25) is 14.4 Å². The van der Waals surface area contributed by atoms with Crippen LogP contribution in [-0.2, 0) is 29.6 Å². The molecule has 1 amide bonds. The summed E-state index contributed by atoms with van der Waals surface area (Å²) >= 11 is 0. The first kappa shape index (κ1) is 27.0. The van der Waals surface area contributed by atoms with Gasteiger partial charge in [0.25, 0.3) is 17.8 Å². The topological polar surface area (TPSA) is 168 Å². The first-order valence-corrected chi connectivity index (χ1v) is 10.9. The summed E-state index contributed by atoms with van der Waals surface area (Å²) in [5.41, 5.74) is 1.24. The Balaban J connectivity index is 0.000000473. The molecule has 4 heterocycles. The van der Waals surface area contributed by atoms with E-state index < -0.39 is 11.9 Å². The number of amides is 1. The van der Waals surface area contributed by atoms with Gasteiger partial charge in [-0.15, -0.1) is 10.2 Å². The molecule has 0 radical (unpaired) electrons. The summed E-state index contributed by atoms with van der Waals surface area (Å²) in [6.07, 6.45) is 6.22. The van der Waals surface area contributed by atoms with Crippen LogP contribution >= 0.6 is 0 Å². The normalized spacial score (nSPS) is 12.2. The van der Waals surface area contributed by atoms with Crippen molar-refractivity contribution >= 4 is 23.7 Å². The van der Waals surface area contributed by atoms with E-state index >= 15 is 0 Å². The average Bonchev–Trinajstić information content (AvgIpc) is 3.35. The van der Waals surface area contributed by atoms with Crippen LogP contribution in [0.5, 0.6) is 0 Å². The fourth-order valence-corrected chi connectivity index (χ4v) is 3.24. The molecule has 3 aromatic rings. The van der Waals surface area contributed by atoms with Gasteiger partial charge in [0.1, 0.15) is 17.2 Å². The number of fused-ring (bicyclic) bond motifs is 1. The SMILES string of the molecule is CC(=O)O.CC(=O)O.CCNC(=O)c1cn2c(n1)CCN(c1ccc(-c3nccn3C)nn1)CC2. The summed E-state index contributed by atoms with van der Waals surface area (Å²) in [6, 6.07) is 3.92. The van der Waals surface area contributed by atoms with Crippen molar-refractivity contribution in [3.63, 3.8) is 0 Å². The van der Waals surface area contributed by atoms with Gasteiger partial charge >= 0.3 is 0 Å². The zero-order valence-electron chi connectivity index (χ0n) is 20.2. The monoisotopic (exact) mass is 486 g/mol. The van der Waals surface area contributed by atoms with Gasteiger partial charge in [0.05, 0.1) is 0 Å². The Labute approximate surface area is 202 Å². The minimum absolute atomic E-state index is 0.120. The van der Waals surface area contributed by atoms with Gasteiger partial charge in [0, 0.05) is 72.1 Å². The number of carbonyl (C=O) groups excluding carboxylic acids is 1. The first-order chi connectivity index (χ1) is 16.6. The van der Waals surface area contributed by atoms with Crippen molar-refractivity contribution in [2.24, 2.45) is 7.05 Å². The lowest BCUT2D eigenvalue weighted by molar-refractivity contribution is -0.135. The van der Waals surface area contributed by atoms with E-state index in [1.165, 1.54) is 0 Å². The summed E-state index contributed by atoms with van der Waals surface area (Å²) < 4.78 is 3.97. The van der Waals surface area contributed by atoms with Gasteiger partial charge < -0.3 is 29.6 Å². The molecule has 35 heavy (non-hydrogen) atoms. The molecule has 0 bridgehead atoms. The number of carbonyl (C=O) groups is 3. The molecule has 0 saturated heterocycles. The van der Waals surface area contributed by atoms with Gasteiger partial charge in [-0.05, 0) is 19.1 Å². The van der Waals surface area contributed by atoms with Crippen LogP contribution in [0.2, 0.25) is 0 Å². The molecule has 1 aliphatic heterocycles. The van der Waals surface area contributed by atoms with Crippen LogP contribution in [0.3, 0.4) is 0 Å². The molecule has 13 heteroatoms. The number of hydrogen-bond donors (Lipinski definition) is 3. The highest BCUT2D eigenvalue weighted by atomic mass is 16.4. The van der Waals surface area contributed by atoms with Crippen LogP contribution in [0.4, 0.5) is 5.82 Å². The van der Waals surface area contributed by atoms with Crippen molar-refractivity contribution < 1.29 is 24.6 Å². The zero-order valence-corrected chi connectivity index (χ0v) is 20.2. The molecule has 13 nitrogen and oxygen atoms in total. The van der Waals surface area contributed by atoms with E-state index in [-0.39, 0.29) is 5.91 Å². The second kappa shape index (κ2) is 12.8. The fourth-order valence-electron chi connectivity index (χ4n) is 3.24. The van der Waals surface area contributed by atoms with Crippen LogP contribution in [0.15, 0.2) is 30.7 Å². The predicted molar refractivity (Wildman–Crippen MR) is 127 cm³/mol. The summed E-state index contributed by atoms with van der Waals surface area (Å²) in [5, 5.41) is 26.3. The zero-order chi connectivity index (χ0) is 26.0. The minimum atomic E-state index is -0.833. The van der Waals surface area contributed by atoms with E-state index in [9.17, 15) is 4.79 Å². The lowest BCUT2D eigenvalue weighted by Gasteiger charge is -2.20. The quantitative estimate of drug-likeness (QED) is 0.485. The molecule has 3 N–H and O–H groups in total. The Hall–Kier alpha value is -4.29. The number of rotatable bonds is 4. The molecular weight excluding hydrogens is 456 g/mol. The van der Waals surface area contributed by atoms with Gasteiger partial charge in [0.2, 0.25) is 0 Å². The third-order valence-electron chi connectivity index (χ3n) is 4.67. The Morgan fingerprint density at radius 3 is 2.29 bits per heavy atom. The molecule has 4 rings (SSSR count). The van der Waals surface area contributed by atoms with E-state index in [0.717, 1.165) is 63.1 Å². The molecule has 0 fully saturated rings.